The fourth-order valence-corrected chi connectivity index (χ4v) is 2.63. The van der Waals surface area contributed by atoms with Crippen molar-refractivity contribution in [3.8, 4) is 6.07 Å². The van der Waals surface area contributed by atoms with Gasteiger partial charge in [-0.2, -0.15) is 5.26 Å². The molecule has 0 aliphatic heterocycles. The topological polar surface area (TPSA) is 23.8 Å². The number of nitriles is 1. The number of hydrogen-bond donors (Lipinski definition) is 0. The lowest BCUT2D eigenvalue weighted by molar-refractivity contribution is 0.937. The molecule has 0 amide bonds. The molecule has 1 saturated carbocycles. The van der Waals surface area contributed by atoms with E-state index in [-0.39, 0.29) is 5.41 Å². The monoisotopic (exact) mass is 197 g/mol. The third-order valence-corrected chi connectivity index (χ3v) is 4.05. The average Bonchev–Trinajstić information content (AvgIpc) is 2.77. The van der Waals surface area contributed by atoms with Crippen LogP contribution >= 0.6 is 22.9 Å². The maximum Gasteiger partial charge on any atom is 0.0916 e. The van der Waals surface area contributed by atoms with Crippen LogP contribution < -0.4 is 0 Å². The summed E-state index contributed by atoms with van der Waals surface area (Å²) in [5.74, 6) is 0. The Morgan fingerprint density at radius 1 is 1.67 bits per heavy atom. The smallest absolute Gasteiger partial charge is 0.0916 e. The zero-order valence-corrected chi connectivity index (χ0v) is 8.30. The summed E-state index contributed by atoms with van der Waals surface area (Å²) in [5.41, 5.74) is -0.164. The molecule has 1 aliphatic rings. The highest BCUT2D eigenvalue weighted by Crippen LogP contribution is 2.51. The molecule has 62 valence electrons. The molecule has 1 fully saturated rings. The summed E-state index contributed by atoms with van der Waals surface area (Å²) in [4.78, 5) is 2.26. The van der Waals surface area contributed by atoms with Gasteiger partial charge in [0.1, 0.15) is 0 Å². The van der Waals surface area contributed by atoms with E-state index in [1.807, 2.05) is 13.0 Å². The molecule has 0 unspecified atom stereocenters. The Labute approximate surface area is 80.6 Å². The first-order chi connectivity index (χ1) is 5.68. The molecule has 12 heavy (non-hydrogen) atoms. The number of nitrogens with zero attached hydrogens (tertiary/aromatic N) is 1. The maximum atomic E-state index is 8.92. The largest absolute Gasteiger partial charge is 0.197 e. The van der Waals surface area contributed by atoms with Crippen molar-refractivity contribution in [2.45, 2.75) is 25.2 Å². The third kappa shape index (κ3) is 1.05. The molecule has 0 N–H and O–H groups in total. The highest BCUT2D eigenvalue weighted by Gasteiger charge is 2.46. The van der Waals surface area contributed by atoms with Gasteiger partial charge in [0.05, 0.1) is 16.5 Å². The van der Waals surface area contributed by atoms with Gasteiger partial charge in [-0.15, -0.1) is 11.3 Å². The van der Waals surface area contributed by atoms with E-state index in [4.69, 9.17) is 16.9 Å². The summed E-state index contributed by atoms with van der Waals surface area (Å²) in [6.45, 7) is 1.99. The standard InChI is InChI=1S/C9H8ClNS/c1-6-7(10)4-8(12-6)9(5-11)2-3-9/h4H,2-3H2,1H3. The number of thiophene rings is 1. The van der Waals surface area contributed by atoms with Crippen molar-refractivity contribution in [1.82, 2.24) is 0 Å². The fraction of sp³-hybridized carbons (Fsp3) is 0.444. The highest BCUT2D eigenvalue weighted by molar-refractivity contribution is 7.12. The van der Waals surface area contributed by atoms with Crippen molar-refractivity contribution in [2.75, 3.05) is 0 Å². The average molecular weight is 198 g/mol. The van der Waals surface area contributed by atoms with Crippen molar-refractivity contribution in [2.24, 2.45) is 0 Å². The Hall–Kier alpha value is -0.520. The van der Waals surface area contributed by atoms with E-state index < -0.39 is 0 Å². The van der Waals surface area contributed by atoms with Crippen LogP contribution in [0, 0.1) is 18.3 Å². The van der Waals surface area contributed by atoms with E-state index in [1.165, 1.54) is 0 Å². The van der Waals surface area contributed by atoms with Gasteiger partial charge in [-0.25, -0.2) is 0 Å². The van der Waals surface area contributed by atoms with Gasteiger partial charge >= 0.3 is 0 Å². The Morgan fingerprint density at radius 3 is 2.67 bits per heavy atom. The van der Waals surface area contributed by atoms with Crippen molar-refractivity contribution >= 4 is 22.9 Å². The molecule has 0 bridgehead atoms. The molecule has 2 rings (SSSR count). The number of rotatable bonds is 1. The quantitative estimate of drug-likeness (QED) is 0.678. The van der Waals surface area contributed by atoms with E-state index in [0.29, 0.717) is 0 Å². The summed E-state index contributed by atoms with van der Waals surface area (Å²) in [7, 11) is 0. The van der Waals surface area contributed by atoms with Gasteiger partial charge < -0.3 is 0 Å². The minimum atomic E-state index is -0.164. The molecule has 0 saturated heterocycles. The molecule has 1 heterocycles. The lowest BCUT2D eigenvalue weighted by Gasteiger charge is -1.98. The molecular formula is C9H8ClNS. The predicted octanol–water partition coefficient (Wildman–Crippen LogP) is 3.27. The van der Waals surface area contributed by atoms with Crippen LogP contribution in [-0.4, -0.2) is 0 Å². The second-order valence-corrected chi connectivity index (χ2v) is 4.87. The molecular weight excluding hydrogens is 190 g/mol. The molecule has 1 aromatic rings. The molecule has 0 radical (unpaired) electrons. The van der Waals surface area contributed by atoms with E-state index in [1.54, 1.807) is 11.3 Å². The van der Waals surface area contributed by atoms with Crippen LogP contribution in [0.4, 0.5) is 0 Å². The zero-order chi connectivity index (χ0) is 8.77. The summed E-state index contributed by atoms with van der Waals surface area (Å²) in [5, 5.41) is 9.73. The van der Waals surface area contributed by atoms with Crippen LogP contribution in [0.5, 0.6) is 0 Å². The first-order valence-electron chi connectivity index (χ1n) is 3.86. The van der Waals surface area contributed by atoms with Gasteiger partial charge in [-0.1, -0.05) is 11.6 Å². The Morgan fingerprint density at radius 2 is 2.33 bits per heavy atom. The number of halogens is 1. The van der Waals surface area contributed by atoms with Crippen LogP contribution in [0.15, 0.2) is 6.07 Å². The van der Waals surface area contributed by atoms with Gasteiger partial charge in [0, 0.05) is 9.75 Å². The first kappa shape index (κ1) is 8.10. The summed E-state index contributed by atoms with van der Waals surface area (Å²) in [6.07, 6.45) is 2.00. The van der Waals surface area contributed by atoms with Gasteiger partial charge in [0.2, 0.25) is 0 Å². The van der Waals surface area contributed by atoms with Crippen molar-refractivity contribution in [3.05, 3.63) is 20.8 Å². The van der Waals surface area contributed by atoms with E-state index >= 15 is 0 Å². The second-order valence-electron chi connectivity index (χ2n) is 3.21. The van der Waals surface area contributed by atoms with E-state index in [2.05, 4.69) is 6.07 Å². The molecule has 1 nitrogen and oxygen atoms in total. The van der Waals surface area contributed by atoms with Crippen LogP contribution in [0.3, 0.4) is 0 Å². The predicted molar refractivity (Wildman–Crippen MR) is 50.6 cm³/mol. The second kappa shape index (κ2) is 2.48. The fourth-order valence-electron chi connectivity index (χ4n) is 1.23. The first-order valence-corrected chi connectivity index (χ1v) is 5.05. The number of aryl methyl sites for hydroxylation is 1. The van der Waals surface area contributed by atoms with Crippen molar-refractivity contribution < 1.29 is 0 Å². The van der Waals surface area contributed by atoms with Gasteiger partial charge in [-0.05, 0) is 25.8 Å². The molecule has 3 heteroatoms. The van der Waals surface area contributed by atoms with E-state index in [0.717, 1.165) is 27.6 Å². The molecule has 1 aliphatic carbocycles. The lowest BCUT2D eigenvalue weighted by Crippen LogP contribution is -1.97. The Bertz CT molecular complexity index is 338. The summed E-state index contributed by atoms with van der Waals surface area (Å²) in [6, 6.07) is 4.30. The van der Waals surface area contributed by atoms with Crippen LogP contribution in [-0.2, 0) is 5.41 Å². The summed E-state index contributed by atoms with van der Waals surface area (Å²) < 4.78 is 0. The van der Waals surface area contributed by atoms with Crippen LogP contribution in [0.2, 0.25) is 5.02 Å². The Balaban J connectivity index is 2.43. The normalized spacial score (nSPS) is 18.8. The number of hydrogen-bond acceptors (Lipinski definition) is 2. The van der Waals surface area contributed by atoms with Crippen molar-refractivity contribution in [3.63, 3.8) is 0 Å². The third-order valence-electron chi connectivity index (χ3n) is 2.29. The molecule has 1 aromatic heterocycles. The lowest BCUT2D eigenvalue weighted by atomic mass is 10.1. The molecule has 0 atom stereocenters. The van der Waals surface area contributed by atoms with Gasteiger partial charge in [0.25, 0.3) is 0 Å². The zero-order valence-electron chi connectivity index (χ0n) is 6.72. The minimum Gasteiger partial charge on any atom is -0.197 e. The molecule has 0 spiro atoms. The summed E-state index contributed by atoms with van der Waals surface area (Å²) >= 11 is 7.58. The molecule has 0 aromatic carbocycles. The Kier molecular flexibility index (Phi) is 1.67. The highest BCUT2D eigenvalue weighted by atomic mass is 35.5. The minimum absolute atomic E-state index is 0.164. The van der Waals surface area contributed by atoms with Crippen LogP contribution in [0.1, 0.15) is 22.6 Å². The maximum absolute atomic E-state index is 8.92. The van der Waals surface area contributed by atoms with E-state index in [9.17, 15) is 0 Å². The van der Waals surface area contributed by atoms with Gasteiger partial charge in [0.15, 0.2) is 0 Å². The SMILES string of the molecule is Cc1sc(C2(C#N)CC2)cc1Cl. The van der Waals surface area contributed by atoms with Crippen molar-refractivity contribution in [1.29, 1.82) is 5.26 Å². The van der Waals surface area contributed by atoms with Crippen LogP contribution in [0.25, 0.3) is 0 Å². The van der Waals surface area contributed by atoms with Gasteiger partial charge in [-0.3, -0.25) is 0 Å².